The summed E-state index contributed by atoms with van der Waals surface area (Å²) >= 11 is 0. The van der Waals surface area contributed by atoms with Crippen molar-refractivity contribution < 1.29 is 0 Å². The van der Waals surface area contributed by atoms with Gasteiger partial charge in [0.25, 0.3) is 0 Å². The van der Waals surface area contributed by atoms with Crippen LogP contribution in [-0.2, 0) is 6.54 Å². The number of nitrogens with zero attached hydrogens (tertiary/aromatic N) is 3. The summed E-state index contributed by atoms with van der Waals surface area (Å²) in [6, 6.07) is 4.99. The van der Waals surface area contributed by atoms with Gasteiger partial charge in [0, 0.05) is 37.4 Å². The van der Waals surface area contributed by atoms with Gasteiger partial charge in [-0.3, -0.25) is 0 Å². The molecule has 0 spiro atoms. The topological polar surface area (TPSA) is 31.4 Å². The third-order valence-corrected chi connectivity index (χ3v) is 3.74. The summed E-state index contributed by atoms with van der Waals surface area (Å²) in [5.41, 5.74) is 1.33. The van der Waals surface area contributed by atoms with E-state index in [1.54, 1.807) is 0 Å². The maximum absolute atomic E-state index is 4.62. The lowest BCUT2D eigenvalue weighted by atomic mass is 10.2. The largest absolute Gasteiger partial charge is 0.357 e. The lowest BCUT2D eigenvalue weighted by molar-refractivity contribution is 0.400. The van der Waals surface area contributed by atoms with Crippen LogP contribution in [0, 0.1) is 0 Å². The third kappa shape index (κ3) is 4.76. The standard InChI is InChI=1S/C16H28N4/c1-4-20(12-6-11-19(2)3)16-14(7-5-10-17-16)13-18-15-8-9-15/h5,7,10,15,18H,4,6,8-9,11-13H2,1-3H3. The Hall–Kier alpha value is -1.13. The minimum Gasteiger partial charge on any atom is -0.357 e. The predicted molar refractivity (Wildman–Crippen MR) is 85.2 cm³/mol. The van der Waals surface area contributed by atoms with Crippen LogP contribution in [0.4, 0.5) is 5.82 Å². The molecule has 1 aliphatic carbocycles. The molecule has 0 amide bonds. The molecule has 0 radical (unpaired) electrons. The van der Waals surface area contributed by atoms with Gasteiger partial charge in [0.2, 0.25) is 0 Å². The van der Waals surface area contributed by atoms with E-state index >= 15 is 0 Å². The van der Waals surface area contributed by atoms with Gasteiger partial charge in [-0.15, -0.1) is 0 Å². The maximum atomic E-state index is 4.62. The Labute approximate surface area is 123 Å². The van der Waals surface area contributed by atoms with Gasteiger partial charge >= 0.3 is 0 Å². The second kappa shape index (κ2) is 7.60. The van der Waals surface area contributed by atoms with Crippen LogP contribution in [0.5, 0.6) is 0 Å². The molecule has 0 saturated heterocycles. The second-order valence-corrected chi connectivity index (χ2v) is 5.88. The van der Waals surface area contributed by atoms with E-state index in [-0.39, 0.29) is 0 Å². The normalized spacial score (nSPS) is 14.8. The first kappa shape index (κ1) is 15.3. The van der Waals surface area contributed by atoms with Gasteiger partial charge in [0.1, 0.15) is 5.82 Å². The SMILES string of the molecule is CCN(CCCN(C)C)c1ncccc1CNC1CC1. The van der Waals surface area contributed by atoms with Crippen molar-refractivity contribution in [3.05, 3.63) is 23.9 Å². The highest BCUT2D eigenvalue weighted by molar-refractivity contribution is 5.46. The Morgan fingerprint density at radius 2 is 2.10 bits per heavy atom. The number of hydrogen-bond acceptors (Lipinski definition) is 4. The van der Waals surface area contributed by atoms with E-state index in [0.29, 0.717) is 0 Å². The molecule has 1 aromatic heterocycles. The lowest BCUT2D eigenvalue weighted by Gasteiger charge is -2.25. The highest BCUT2D eigenvalue weighted by Gasteiger charge is 2.21. The fourth-order valence-electron chi connectivity index (χ4n) is 2.39. The number of hydrogen-bond donors (Lipinski definition) is 1. The van der Waals surface area contributed by atoms with Crippen molar-refractivity contribution in [2.75, 3.05) is 38.6 Å². The summed E-state index contributed by atoms with van der Waals surface area (Å²) in [5.74, 6) is 1.15. The Bertz CT molecular complexity index is 401. The zero-order valence-electron chi connectivity index (χ0n) is 13.1. The molecule has 0 aliphatic heterocycles. The number of anilines is 1. The number of rotatable bonds is 9. The van der Waals surface area contributed by atoms with Crippen LogP contribution in [0.25, 0.3) is 0 Å². The highest BCUT2D eigenvalue weighted by atomic mass is 15.2. The molecule has 0 bridgehead atoms. The molecular formula is C16H28N4. The predicted octanol–water partition coefficient (Wildman–Crippen LogP) is 2.11. The van der Waals surface area contributed by atoms with Gasteiger partial charge in [0.15, 0.2) is 0 Å². The van der Waals surface area contributed by atoms with Gasteiger partial charge in [-0.2, -0.15) is 0 Å². The van der Waals surface area contributed by atoms with Crippen molar-refractivity contribution in [1.82, 2.24) is 15.2 Å². The van der Waals surface area contributed by atoms with Gasteiger partial charge in [0.05, 0.1) is 0 Å². The molecule has 112 valence electrons. The first-order chi connectivity index (χ1) is 9.70. The molecule has 1 fully saturated rings. The van der Waals surface area contributed by atoms with E-state index in [0.717, 1.165) is 38.0 Å². The molecule has 0 aromatic carbocycles. The molecule has 1 aromatic rings. The number of pyridine rings is 1. The zero-order chi connectivity index (χ0) is 14.4. The molecule has 1 heterocycles. The Morgan fingerprint density at radius 1 is 1.30 bits per heavy atom. The summed E-state index contributed by atoms with van der Waals surface area (Å²) in [7, 11) is 4.25. The summed E-state index contributed by atoms with van der Waals surface area (Å²) in [4.78, 5) is 9.25. The summed E-state index contributed by atoms with van der Waals surface area (Å²) < 4.78 is 0. The summed E-state index contributed by atoms with van der Waals surface area (Å²) in [5, 5.41) is 3.59. The van der Waals surface area contributed by atoms with Crippen molar-refractivity contribution >= 4 is 5.82 Å². The lowest BCUT2D eigenvalue weighted by Crippen LogP contribution is -2.29. The minimum absolute atomic E-state index is 0.742. The van der Waals surface area contributed by atoms with Crippen molar-refractivity contribution in [3.63, 3.8) is 0 Å². The van der Waals surface area contributed by atoms with Crippen LogP contribution in [0.15, 0.2) is 18.3 Å². The van der Waals surface area contributed by atoms with Gasteiger partial charge < -0.3 is 15.1 Å². The molecule has 1 aliphatic rings. The first-order valence-electron chi connectivity index (χ1n) is 7.77. The van der Waals surface area contributed by atoms with E-state index in [2.05, 4.69) is 47.2 Å². The van der Waals surface area contributed by atoms with Gasteiger partial charge in [-0.1, -0.05) is 6.07 Å². The minimum atomic E-state index is 0.742. The smallest absolute Gasteiger partial charge is 0.132 e. The zero-order valence-corrected chi connectivity index (χ0v) is 13.1. The number of nitrogens with one attached hydrogen (secondary N) is 1. The Kier molecular flexibility index (Phi) is 5.80. The highest BCUT2D eigenvalue weighted by Crippen LogP contribution is 2.22. The molecule has 4 heteroatoms. The van der Waals surface area contributed by atoms with Gasteiger partial charge in [-0.05, 0) is 52.9 Å². The molecule has 4 nitrogen and oxygen atoms in total. The summed E-state index contributed by atoms with van der Waals surface area (Å²) in [6.07, 6.45) is 5.74. The fourth-order valence-corrected chi connectivity index (χ4v) is 2.39. The molecule has 1 N–H and O–H groups in total. The molecule has 20 heavy (non-hydrogen) atoms. The molecule has 0 atom stereocenters. The van der Waals surface area contributed by atoms with Crippen LogP contribution in [0.2, 0.25) is 0 Å². The maximum Gasteiger partial charge on any atom is 0.132 e. The first-order valence-corrected chi connectivity index (χ1v) is 7.77. The number of aromatic nitrogens is 1. The van der Waals surface area contributed by atoms with Crippen LogP contribution < -0.4 is 10.2 Å². The second-order valence-electron chi connectivity index (χ2n) is 5.88. The van der Waals surface area contributed by atoms with E-state index in [1.165, 1.54) is 24.8 Å². The van der Waals surface area contributed by atoms with Crippen molar-refractivity contribution in [2.45, 2.75) is 38.8 Å². The van der Waals surface area contributed by atoms with Crippen LogP contribution in [0.1, 0.15) is 31.7 Å². The van der Waals surface area contributed by atoms with E-state index < -0.39 is 0 Å². The summed E-state index contributed by atoms with van der Waals surface area (Å²) in [6.45, 7) is 6.36. The quantitative estimate of drug-likeness (QED) is 0.748. The van der Waals surface area contributed by atoms with E-state index in [4.69, 9.17) is 0 Å². The Morgan fingerprint density at radius 3 is 2.75 bits per heavy atom. The van der Waals surface area contributed by atoms with E-state index in [1.807, 2.05) is 12.3 Å². The Balaban J connectivity index is 1.95. The molecule has 2 rings (SSSR count). The van der Waals surface area contributed by atoms with Gasteiger partial charge in [-0.25, -0.2) is 4.98 Å². The van der Waals surface area contributed by atoms with E-state index in [9.17, 15) is 0 Å². The molecule has 1 saturated carbocycles. The van der Waals surface area contributed by atoms with Crippen LogP contribution in [0.3, 0.4) is 0 Å². The van der Waals surface area contributed by atoms with Crippen LogP contribution >= 0.6 is 0 Å². The fraction of sp³-hybridized carbons (Fsp3) is 0.688. The van der Waals surface area contributed by atoms with Crippen molar-refractivity contribution in [2.24, 2.45) is 0 Å². The average Bonchev–Trinajstić information content (AvgIpc) is 3.26. The average molecular weight is 276 g/mol. The van der Waals surface area contributed by atoms with Crippen LogP contribution in [-0.4, -0.2) is 49.7 Å². The monoisotopic (exact) mass is 276 g/mol. The van der Waals surface area contributed by atoms with Crippen molar-refractivity contribution in [1.29, 1.82) is 0 Å². The third-order valence-electron chi connectivity index (χ3n) is 3.74. The molecule has 0 unspecified atom stereocenters. The van der Waals surface area contributed by atoms with Crippen molar-refractivity contribution in [3.8, 4) is 0 Å². The molecular weight excluding hydrogens is 248 g/mol.